The van der Waals surface area contributed by atoms with E-state index in [1.54, 1.807) is 24.3 Å². The molecule has 10 heteroatoms. The molecule has 0 spiro atoms. The van der Waals surface area contributed by atoms with E-state index in [4.69, 9.17) is 16.3 Å². The van der Waals surface area contributed by atoms with Gasteiger partial charge in [-0.05, 0) is 37.1 Å². The second kappa shape index (κ2) is 7.96. The van der Waals surface area contributed by atoms with E-state index in [0.29, 0.717) is 33.8 Å². The van der Waals surface area contributed by atoms with Crippen molar-refractivity contribution >= 4 is 34.1 Å². The number of hydrogen-bond acceptors (Lipinski definition) is 7. The number of amides is 2. The molecule has 1 heterocycles. The molecule has 1 aromatic carbocycles. The zero-order valence-corrected chi connectivity index (χ0v) is 14.6. The summed E-state index contributed by atoms with van der Waals surface area (Å²) in [7, 11) is 0. The Morgan fingerprint density at radius 1 is 1.24 bits per heavy atom. The fourth-order valence-corrected chi connectivity index (χ4v) is 3.24. The zero-order valence-electron chi connectivity index (χ0n) is 13.1. The fraction of sp³-hybridized carbons (Fsp3) is 0.400. The van der Waals surface area contributed by atoms with E-state index < -0.39 is 18.2 Å². The van der Waals surface area contributed by atoms with Crippen LogP contribution < -0.4 is 15.4 Å². The van der Waals surface area contributed by atoms with Crippen LogP contribution >= 0.6 is 22.9 Å². The number of nitrogens with one attached hydrogen (secondary N) is 2. The summed E-state index contributed by atoms with van der Waals surface area (Å²) in [6.45, 7) is 0.226. The maximum atomic E-state index is 11.9. The van der Waals surface area contributed by atoms with Crippen LogP contribution in [0.4, 0.5) is 9.93 Å². The van der Waals surface area contributed by atoms with Crippen LogP contribution in [-0.2, 0) is 6.61 Å². The molecule has 3 atom stereocenters. The molecule has 134 valence electrons. The highest BCUT2D eigenvalue weighted by Crippen LogP contribution is 2.21. The van der Waals surface area contributed by atoms with E-state index in [1.165, 1.54) is 11.3 Å². The molecule has 1 aliphatic rings. The molecule has 0 bridgehead atoms. The van der Waals surface area contributed by atoms with Gasteiger partial charge in [0.15, 0.2) is 5.01 Å². The minimum atomic E-state index is -0.802. The highest BCUT2D eigenvalue weighted by atomic mass is 35.5. The van der Waals surface area contributed by atoms with Crippen molar-refractivity contribution in [3.8, 4) is 5.75 Å². The number of ether oxygens (including phenoxy) is 1. The second-order valence-corrected chi connectivity index (χ2v) is 7.14. The summed E-state index contributed by atoms with van der Waals surface area (Å²) >= 11 is 7.01. The van der Waals surface area contributed by atoms with Crippen LogP contribution in [0.1, 0.15) is 17.8 Å². The third-order valence-electron chi connectivity index (χ3n) is 3.69. The van der Waals surface area contributed by atoms with Gasteiger partial charge in [0, 0.05) is 11.1 Å². The molecule has 25 heavy (non-hydrogen) atoms. The predicted molar refractivity (Wildman–Crippen MR) is 92.9 cm³/mol. The van der Waals surface area contributed by atoms with Gasteiger partial charge in [-0.1, -0.05) is 22.9 Å². The van der Waals surface area contributed by atoms with Gasteiger partial charge >= 0.3 is 6.03 Å². The molecule has 1 saturated carbocycles. The smallest absolute Gasteiger partial charge is 0.321 e. The number of rotatable bonds is 5. The number of anilines is 1. The van der Waals surface area contributed by atoms with Gasteiger partial charge in [0.2, 0.25) is 5.13 Å². The first-order chi connectivity index (χ1) is 12.0. The van der Waals surface area contributed by atoms with Gasteiger partial charge in [0.1, 0.15) is 12.4 Å². The first kappa shape index (κ1) is 17.9. The average molecular weight is 385 g/mol. The predicted octanol–water partition coefficient (Wildman–Crippen LogP) is 1.78. The van der Waals surface area contributed by atoms with Crippen molar-refractivity contribution in [2.45, 2.75) is 37.7 Å². The summed E-state index contributed by atoms with van der Waals surface area (Å²) in [6, 6.07) is 6.23. The molecule has 0 aliphatic heterocycles. The van der Waals surface area contributed by atoms with Crippen LogP contribution in [0.25, 0.3) is 0 Å². The number of benzene rings is 1. The molecule has 8 nitrogen and oxygen atoms in total. The van der Waals surface area contributed by atoms with Crippen molar-refractivity contribution in [3.63, 3.8) is 0 Å². The van der Waals surface area contributed by atoms with E-state index in [2.05, 4.69) is 20.8 Å². The number of aliphatic hydroxyl groups is 2. The molecule has 2 amide bonds. The van der Waals surface area contributed by atoms with Crippen LogP contribution in [0.2, 0.25) is 5.02 Å². The molecule has 1 aliphatic carbocycles. The lowest BCUT2D eigenvalue weighted by Gasteiger charge is -2.11. The summed E-state index contributed by atoms with van der Waals surface area (Å²) < 4.78 is 5.56. The van der Waals surface area contributed by atoms with Crippen LogP contribution in [0.3, 0.4) is 0 Å². The Bertz CT molecular complexity index is 717. The molecule has 4 N–H and O–H groups in total. The number of nitrogens with zero attached hydrogens (tertiary/aromatic N) is 2. The Balaban J connectivity index is 1.46. The third kappa shape index (κ3) is 5.02. The van der Waals surface area contributed by atoms with Gasteiger partial charge in [0.05, 0.1) is 12.2 Å². The Kier molecular flexibility index (Phi) is 5.69. The second-order valence-electron chi connectivity index (χ2n) is 5.65. The van der Waals surface area contributed by atoms with Crippen molar-refractivity contribution in [1.82, 2.24) is 15.5 Å². The van der Waals surface area contributed by atoms with Crippen molar-refractivity contribution in [2.75, 3.05) is 5.32 Å². The molecule has 1 aromatic heterocycles. The lowest BCUT2D eigenvalue weighted by atomic mass is 10.2. The number of halogens is 1. The first-order valence-corrected chi connectivity index (χ1v) is 8.83. The van der Waals surface area contributed by atoms with Gasteiger partial charge in [-0.3, -0.25) is 5.32 Å². The molecule has 1 unspecified atom stereocenters. The van der Waals surface area contributed by atoms with E-state index in [0.717, 1.165) is 0 Å². The SMILES string of the molecule is O=C(Nc1nnc(COc2ccc(Cl)cc2)s1)NC1C[C@@H](O)[C@@H](O)C1. The summed E-state index contributed by atoms with van der Waals surface area (Å²) in [5.74, 6) is 0.658. The standard InChI is InChI=1S/C15H17ClN4O4S/c16-8-1-3-10(4-2-8)24-7-13-19-20-15(25-13)18-14(23)17-9-5-11(21)12(22)6-9/h1-4,9,11-12,21-22H,5-7H2,(H2,17,18,20,23)/t9?,11-,12+. The molecule has 0 radical (unpaired) electrons. The van der Waals surface area contributed by atoms with Gasteiger partial charge in [-0.25, -0.2) is 4.79 Å². The van der Waals surface area contributed by atoms with Crippen LogP contribution in [-0.4, -0.2) is 44.7 Å². The van der Waals surface area contributed by atoms with E-state index in [9.17, 15) is 15.0 Å². The topological polar surface area (TPSA) is 117 Å². The van der Waals surface area contributed by atoms with Crippen LogP contribution in [0.15, 0.2) is 24.3 Å². The summed E-state index contributed by atoms with van der Waals surface area (Å²) in [6.07, 6.45) is -0.956. The number of aliphatic hydroxyl groups excluding tert-OH is 2. The summed E-state index contributed by atoms with van der Waals surface area (Å²) in [5, 5.41) is 33.6. The molecule has 2 aromatic rings. The first-order valence-electron chi connectivity index (χ1n) is 7.64. The maximum Gasteiger partial charge on any atom is 0.321 e. The average Bonchev–Trinajstić information content (AvgIpc) is 3.13. The normalized spacial score (nSPS) is 22.6. The highest BCUT2D eigenvalue weighted by Gasteiger charge is 2.32. The summed E-state index contributed by atoms with van der Waals surface area (Å²) in [4.78, 5) is 11.9. The fourth-order valence-electron chi connectivity index (χ4n) is 2.47. The monoisotopic (exact) mass is 384 g/mol. The van der Waals surface area contributed by atoms with Gasteiger partial charge < -0.3 is 20.3 Å². The third-order valence-corrected chi connectivity index (χ3v) is 4.76. The largest absolute Gasteiger partial charge is 0.486 e. The van der Waals surface area contributed by atoms with Gasteiger partial charge in [-0.2, -0.15) is 0 Å². The quantitative estimate of drug-likeness (QED) is 0.624. The van der Waals surface area contributed by atoms with Gasteiger partial charge in [0.25, 0.3) is 0 Å². The Morgan fingerprint density at radius 2 is 1.92 bits per heavy atom. The molecular weight excluding hydrogens is 368 g/mol. The lowest BCUT2D eigenvalue weighted by molar-refractivity contribution is 0.0438. The highest BCUT2D eigenvalue weighted by molar-refractivity contribution is 7.15. The maximum absolute atomic E-state index is 11.9. The molecule has 1 fully saturated rings. The lowest BCUT2D eigenvalue weighted by Crippen LogP contribution is -2.36. The van der Waals surface area contributed by atoms with Crippen LogP contribution in [0.5, 0.6) is 5.75 Å². The Labute approximate surface area is 152 Å². The van der Waals surface area contributed by atoms with Crippen LogP contribution in [0, 0.1) is 0 Å². The molecular formula is C15H17ClN4O4S. The number of hydrogen-bond donors (Lipinski definition) is 4. The van der Waals surface area contributed by atoms with Crippen molar-refractivity contribution in [2.24, 2.45) is 0 Å². The number of aromatic nitrogens is 2. The van der Waals surface area contributed by atoms with Gasteiger partial charge in [-0.15, -0.1) is 10.2 Å². The van der Waals surface area contributed by atoms with Crippen molar-refractivity contribution in [3.05, 3.63) is 34.3 Å². The molecule has 0 saturated heterocycles. The minimum absolute atomic E-state index is 0.226. The number of carbonyl (C=O) groups excluding carboxylic acids is 1. The van der Waals surface area contributed by atoms with Crippen molar-refractivity contribution < 1.29 is 19.7 Å². The van der Waals surface area contributed by atoms with E-state index in [-0.39, 0.29) is 12.6 Å². The number of carbonyl (C=O) groups is 1. The van der Waals surface area contributed by atoms with Crippen molar-refractivity contribution in [1.29, 1.82) is 0 Å². The summed E-state index contributed by atoms with van der Waals surface area (Å²) in [5.41, 5.74) is 0. The number of urea groups is 1. The molecule has 3 rings (SSSR count). The Morgan fingerprint density at radius 3 is 2.60 bits per heavy atom. The zero-order chi connectivity index (χ0) is 17.8. The Hall–Kier alpha value is -1.94. The van der Waals surface area contributed by atoms with E-state index in [1.807, 2.05) is 0 Å². The minimum Gasteiger partial charge on any atom is -0.486 e. The van der Waals surface area contributed by atoms with E-state index >= 15 is 0 Å².